The molecule has 0 aromatic heterocycles. The van der Waals surface area contributed by atoms with Crippen LogP contribution in [0.15, 0.2) is 18.2 Å². The van der Waals surface area contributed by atoms with Gasteiger partial charge in [0.05, 0.1) is 13.7 Å². The van der Waals surface area contributed by atoms with Gasteiger partial charge in [-0.3, -0.25) is 0 Å². The molecule has 0 amide bonds. The van der Waals surface area contributed by atoms with Gasteiger partial charge >= 0.3 is 0 Å². The van der Waals surface area contributed by atoms with E-state index in [0.29, 0.717) is 6.61 Å². The molecular formula is C12H20O2. The highest BCUT2D eigenvalue weighted by Gasteiger charge is 2.03. The number of rotatable bonds is 3. The van der Waals surface area contributed by atoms with Gasteiger partial charge in [0.2, 0.25) is 0 Å². The van der Waals surface area contributed by atoms with Crippen LogP contribution in [0.2, 0.25) is 0 Å². The summed E-state index contributed by atoms with van der Waals surface area (Å²) in [6.45, 7) is 8.65. The van der Waals surface area contributed by atoms with Gasteiger partial charge in [-0.15, -0.1) is 0 Å². The van der Waals surface area contributed by atoms with Gasteiger partial charge in [-0.25, -0.2) is 0 Å². The number of methoxy groups -OCH3 is 1. The molecule has 14 heavy (non-hydrogen) atoms. The summed E-state index contributed by atoms with van der Waals surface area (Å²) in [6.07, 6.45) is 0. The van der Waals surface area contributed by atoms with Crippen LogP contribution in [0, 0.1) is 6.92 Å². The molecule has 0 N–H and O–H groups in total. The van der Waals surface area contributed by atoms with Gasteiger partial charge in [-0.1, -0.05) is 19.9 Å². The Bertz CT molecular complexity index is 256. The Morgan fingerprint density at radius 2 is 1.71 bits per heavy atom. The summed E-state index contributed by atoms with van der Waals surface area (Å²) < 4.78 is 10.6. The summed E-state index contributed by atoms with van der Waals surface area (Å²) in [5.74, 6) is 1.78. The molecule has 0 fully saturated rings. The average molecular weight is 196 g/mol. The molecule has 0 spiro atoms. The SMILES string of the molecule is CC.CCOc1cccc(OC)c1C. The first-order valence-corrected chi connectivity index (χ1v) is 5.06. The maximum absolute atomic E-state index is 5.40. The van der Waals surface area contributed by atoms with E-state index in [1.807, 2.05) is 45.9 Å². The molecule has 0 aliphatic rings. The molecule has 0 saturated carbocycles. The van der Waals surface area contributed by atoms with Crippen LogP contribution < -0.4 is 9.47 Å². The topological polar surface area (TPSA) is 18.5 Å². The second-order valence-electron chi connectivity index (χ2n) is 2.52. The van der Waals surface area contributed by atoms with Crippen molar-refractivity contribution in [3.63, 3.8) is 0 Å². The predicted molar refractivity (Wildman–Crippen MR) is 60.2 cm³/mol. The Balaban J connectivity index is 0.000000791. The van der Waals surface area contributed by atoms with E-state index in [2.05, 4.69) is 0 Å². The third-order valence-corrected chi connectivity index (χ3v) is 1.75. The van der Waals surface area contributed by atoms with E-state index in [1.54, 1.807) is 7.11 Å². The van der Waals surface area contributed by atoms with Crippen molar-refractivity contribution in [2.24, 2.45) is 0 Å². The first-order valence-electron chi connectivity index (χ1n) is 5.06. The van der Waals surface area contributed by atoms with E-state index in [4.69, 9.17) is 9.47 Å². The fourth-order valence-corrected chi connectivity index (χ4v) is 1.13. The highest BCUT2D eigenvalue weighted by molar-refractivity contribution is 5.43. The van der Waals surface area contributed by atoms with E-state index in [9.17, 15) is 0 Å². The monoisotopic (exact) mass is 196 g/mol. The minimum atomic E-state index is 0.688. The first kappa shape index (κ1) is 12.8. The van der Waals surface area contributed by atoms with E-state index in [-0.39, 0.29) is 0 Å². The molecule has 0 aliphatic heterocycles. The van der Waals surface area contributed by atoms with Gasteiger partial charge in [-0.2, -0.15) is 0 Å². The summed E-state index contributed by atoms with van der Waals surface area (Å²) in [7, 11) is 1.66. The number of hydrogen-bond acceptors (Lipinski definition) is 2. The molecule has 0 unspecified atom stereocenters. The standard InChI is InChI=1S/C10H14O2.C2H6/c1-4-12-10-7-5-6-9(11-3)8(10)2;1-2/h5-7H,4H2,1-3H3;1-2H3. The maximum Gasteiger partial charge on any atom is 0.125 e. The van der Waals surface area contributed by atoms with Crippen molar-refractivity contribution in [2.75, 3.05) is 13.7 Å². The Labute approximate surface area is 86.9 Å². The predicted octanol–water partition coefficient (Wildman–Crippen LogP) is 3.43. The second-order valence-corrected chi connectivity index (χ2v) is 2.52. The lowest BCUT2D eigenvalue weighted by molar-refractivity contribution is 0.333. The average Bonchev–Trinajstić information content (AvgIpc) is 2.24. The minimum absolute atomic E-state index is 0.688. The molecule has 2 nitrogen and oxygen atoms in total. The van der Waals surface area contributed by atoms with Crippen LogP contribution >= 0.6 is 0 Å². The van der Waals surface area contributed by atoms with Crippen LogP contribution in [0.25, 0.3) is 0 Å². The Morgan fingerprint density at radius 1 is 1.14 bits per heavy atom. The molecule has 0 radical (unpaired) electrons. The van der Waals surface area contributed by atoms with E-state index in [1.165, 1.54) is 0 Å². The van der Waals surface area contributed by atoms with Crippen LogP contribution in [0.3, 0.4) is 0 Å². The van der Waals surface area contributed by atoms with Gasteiger partial charge < -0.3 is 9.47 Å². The largest absolute Gasteiger partial charge is 0.496 e. The molecule has 1 aromatic carbocycles. The molecular weight excluding hydrogens is 176 g/mol. The molecule has 0 heterocycles. The lowest BCUT2D eigenvalue weighted by atomic mass is 10.2. The van der Waals surface area contributed by atoms with Gasteiger partial charge in [0.15, 0.2) is 0 Å². The van der Waals surface area contributed by atoms with Gasteiger partial charge in [0.1, 0.15) is 11.5 Å². The number of ether oxygens (including phenoxy) is 2. The highest BCUT2D eigenvalue weighted by Crippen LogP contribution is 2.26. The fourth-order valence-electron chi connectivity index (χ4n) is 1.13. The van der Waals surface area contributed by atoms with Crippen molar-refractivity contribution in [2.45, 2.75) is 27.7 Å². The van der Waals surface area contributed by atoms with E-state index >= 15 is 0 Å². The third-order valence-electron chi connectivity index (χ3n) is 1.75. The van der Waals surface area contributed by atoms with Crippen molar-refractivity contribution in [3.8, 4) is 11.5 Å². The molecule has 80 valence electrons. The van der Waals surface area contributed by atoms with Crippen LogP contribution in [0.4, 0.5) is 0 Å². The second kappa shape index (κ2) is 7.25. The molecule has 0 atom stereocenters. The Morgan fingerprint density at radius 3 is 2.21 bits per heavy atom. The lowest BCUT2D eigenvalue weighted by Gasteiger charge is -2.09. The maximum atomic E-state index is 5.40. The number of hydrogen-bond donors (Lipinski definition) is 0. The van der Waals surface area contributed by atoms with Gasteiger partial charge in [0.25, 0.3) is 0 Å². The zero-order valence-corrected chi connectivity index (χ0v) is 9.76. The first-order chi connectivity index (χ1) is 6.79. The van der Waals surface area contributed by atoms with Crippen molar-refractivity contribution >= 4 is 0 Å². The van der Waals surface area contributed by atoms with Crippen LogP contribution in [-0.4, -0.2) is 13.7 Å². The van der Waals surface area contributed by atoms with Gasteiger partial charge in [0, 0.05) is 5.56 Å². The summed E-state index contributed by atoms with van der Waals surface area (Å²) in [4.78, 5) is 0. The molecule has 1 rings (SSSR count). The van der Waals surface area contributed by atoms with Crippen molar-refractivity contribution in [3.05, 3.63) is 23.8 Å². The van der Waals surface area contributed by atoms with E-state index < -0.39 is 0 Å². The normalized spacial score (nSPS) is 8.64. The number of benzene rings is 1. The van der Waals surface area contributed by atoms with Crippen LogP contribution in [-0.2, 0) is 0 Å². The van der Waals surface area contributed by atoms with Crippen molar-refractivity contribution in [1.29, 1.82) is 0 Å². The third kappa shape index (κ3) is 3.29. The minimum Gasteiger partial charge on any atom is -0.496 e. The van der Waals surface area contributed by atoms with Crippen molar-refractivity contribution in [1.82, 2.24) is 0 Å². The highest BCUT2D eigenvalue weighted by atomic mass is 16.5. The summed E-state index contributed by atoms with van der Waals surface area (Å²) in [5, 5.41) is 0. The zero-order chi connectivity index (χ0) is 11.0. The Kier molecular flexibility index (Phi) is 6.63. The zero-order valence-electron chi connectivity index (χ0n) is 9.76. The van der Waals surface area contributed by atoms with Crippen LogP contribution in [0.5, 0.6) is 11.5 Å². The molecule has 2 heteroatoms. The summed E-state index contributed by atoms with van der Waals surface area (Å²) in [6, 6.07) is 5.80. The molecule has 0 aliphatic carbocycles. The molecule has 1 aromatic rings. The summed E-state index contributed by atoms with van der Waals surface area (Å²) in [5.41, 5.74) is 1.06. The van der Waals surface area contributed by atoms with Gasteiger partial charge in [-0.05, 0) is 26.0 Å². The van der Waals surface area contributed by atoms with E-state index in [0.717, 1.165) is 17.1 Å². The van der Waals surface area contributed by atoms with Crippen molar-refractivity contribution < 1.29 is 9.47 Å². The fraction of sp³-hybridized carbons (Fsp3) is 0.500. The Hall–Kier alpha value is -1.18. The van der Waals surface area contributed by atoms with Crippen LogP contribution in [0.1, 0.15) is 26.3 Å². The molecule has 0 saturated heterocycles. The summed E-state index contributed by atoms with van der Waals surface area (Å²) >= 11 is 0. The lowest BCUT2D eigenvalue weighted by Crippen LogP contribution is -1.95. The quantitative estimate of drug-likeness (QED) is 0.737. The smallest absolute Gasteiger partial charge is 0.125 e. The molecule has 0 bridgehead atoms.